The predicted molar refractivity (Wildman–Crippen MR) is 72.5 cm³/mol. The molecule has 0 fully saturated rings. The summed E-state index contributed by atoms with van der Waals surface area (Å²) in [5.74, 6) is -0.869. The van der Waals surface area contributed by atoms with Gasteiger partial charge in [0.1, 0.15) is 5.41 Å². The highest BCUT2D eigenvalue weighted by atomic mass is 32.1. The fraction of sp³-hybridized carbons (Fsp3) is 0.667. The molecule has 1 unspecified atom stereocenters. The van der Waals surface area contributed by atoms with Gasteiger partial charge in [-0.15, -0.1) is 11.3 Å². The van der Waals surface area contributed by atoms with Crippen LogP contribution in [0.25, 0.3) is 0 Å². The first-order valence-corrected chi connectivity index (χ1v) is 6.59. The van der Waals surface area contributed by atoms with Gasteiger partial charge in [-0.2, -0.15) is 0 Å². The van der Waals surface area contributed by atoms with Gasteiger partial charge in [-0.05, 0) is 20.8 Å². The molecule has 1 rings (SSSR count). The van der Waals surface area contributed by atoms with E-state index in [9.17, 15) is 4.79 Å². The van der Waals surface area contributed by atoms with Gasteiger partial charge in [0.2, 0.25) is 0 Å². The largest absolute Gasteiger partial charge is 0.481 e. The number of anilines is 1. The van der Waals surface area contributed by atoms with Gasteiger partial charge >= 0.3 is 5.97 Å². The molecular weight excluding hydrogens is 252 g/mol. The number of hydrogen-bond acceptors (Lipinski definition) is 5. The summed E-state index contributed by atoms with van der Waals surface area (Å²) >= 11 is 1.45. The number of aliphatic carboxylic acids is 1. The van der Waals surface area contributed by atoms with Crippen molar-refractivity contribution in [3.05, 3.63) is 11.1 Å². The van der Waals surface area contributed by atoms with Gasteiger partial charge < -0.3 is 14.7 Å². The van der Waals surface area contributed by atoms with Gasteiger partial charge in [-0.3, -0.25) is 4.79 Å². The Labute approximate surface area is 111 Å². The van der Waals surface area contributed by atoms with Crippen LogP contribution in [0.3, 0.4) is 0 Å². The fourth-order valence-electron chi connectivity index (χ4n) is 1.36. The fourth-order valence-corrected chi connectivity index (χ4v) is 2.43. The third-order valence-corrected chi connectivity index (χ3v) is 3.97. The minimum atomic E-state index is -0.958. The van der Waals surface area contributed by atoms with Gasteiger partial charge in [0, 0.05) is 19.5 Å². The quantitative estimate of drug-likeness (QED) is 0.858. The molecule has 6 heteroatoms. The Hall–Kier alpha value is -1.14. The first-order valence-electron chi connectivity index (χ1n) is 5.71. The first kappa shape index (κ1) is 14.9. The molecule has 0 saturated heterocycles. The molecule has 0 aliphatic carbocycles. The topological polar surface area (TPSA) is 62.7 Å². The number of rotatable bonds is 6. The van der Waals surface area contributed by atoms with Gasteiger partial charge in [0.05, 0.1) is 18.3 Å². The number of aromatic nitrogens is 1. The zero-order valence-electron chi connectivity index (χ0n) is 11.4. The van der Waals surface area contributed by atoms with Crippen molar-refractivity contribution in [3.63, 3.8) is 0 Å². The minimum Gasteiger partial charge on any atom is -0.481 e. The molecule has 1 N–H and O–H groups in total. The summed E-state index contributed by atoms with van der Waals surface area (Å²) in [4.78, 5) is 17.6. The van der Waals surface area contributed by atoms with Gasteiger partial charge in [0.25, 0.3) is 0 Å². The van der Waals surface area contributed by atoms with Crippen LogP contribution in [0.15, 0.2) is 5.38 Å². The SMILES string of the molecule is COCC(C)N(C)c1nc(C(C)(C)C(=O)O)cs1. The van der Waals surface area contributed by atoms with Crippen LogP contribution in [0.4, 0.5) is 5.13 Å². The number of nitrogens with zero attached hydrogens (tertiary/aromatic N) is 2. The zero-order valence-corrected chi connectivity index (χ0v) is 12.2. The molecule has 1 heterocycles. The summed E-state index contributed by atoms with van der Waals surface area (Å²) in [7, 11) is 3.59. The van der Waals surface area contributed by atoms with E-state index in [1.165, 1.54) is 11.3 Å². The van der Waals surface area contributed by atoms with E-state index in [1.807, 2.05) is 18.9 Å². The predicted octanol–water partition coefficient (Wildman–Crippen LogP) is 1.98. The summed E-state index contributed by atoms with van der Waals surface area (Å²) in [5.41, 5.74) is -0.369. The Morgan fingerprint density at radius 3 is 2.78 bits per heavy atom. The van der Waals surface area contributed by atoms with Crippen LogP contribution in [0.5, 0.6) is 0 Å². The van der Waals surface area contributed by atoms with Gasteiger partial charge in [-0.1, -0.05) is 0 Å². The normalized spacial score (nSPS) is 13.4. The zero-order chi connectivity index (χ0) is 13.9. The number of methoxy groups -OCH3 is 1. The summed E-state index contributed by atoms with van der Waals surface area (Å²) < 4.78 is 5.10. The molecule has 0 aliphatic heterocycles. The van der Waals surface area contributed by atoms with Crippen molar-refractivity contribution < 1.29 is 14.6 Å². The Morgan fingerprint density at radius 1 is 1.67 bits per heavy atom. The van der Waals surface area contributed by atoms with Crippen molar-refractivity contribution in [3.8, 4) is 0 Å². The van der Waals surface area contributed by atoms with E-state index >= 15 is 0 Å². The summed E-state index contributed by atoms with van der Waals surface area (Å²) in [6, 6.07) is 0.196. The molecule has 0 aliphatic rings. The van der Waals surface area contributed by atoms with Crippen molar-refractivity contribution in [1.82, 2.24) is 4.98 Å². The summed E-state index contributed by atoms with van der Waals surface area (Å²) in [6.07, 6.45) is 0. The molecule has 0 spiro atoms. The lowest BCUT2D eigenvalue weighted by Crippen LogP contribution is -2.33. The van der Waals surface area contributed by atoms with Crippen LogP contribution in [0.2, 0.25) is 0 Å². The average molecular weight is 272 g/mol. The number of ether oxygens (including phenoxy) is 1. The molecule has 0 amide bonds. The number of carboxylic acid groups (broad SMARTS) is 1. The first-order chi connectivity index (χ1) is 8.30. The lowest BCUT2D eigenvalue weighted by Gasteiger charge is -2.23. The Balaban J connectivity index is 2.90. The number of carboxylic acids is 1. The molecule has 0 bridgehead atoms. The van der Waals surface area contributed by atoms with Crippen LogP contribution in [-0.2, 0) is 14.9 Å². The molecule has 18 heavy (non-hydrogen) atoms. The van der Waals surface area contributed by atoms with E-state index in [-0.39, 0.29) is 6.04 Å². The van der Waals surface area contributed by atoms with E-state index in [0.717, 1.165) is 5.13 Å². The molecule has 1 aromatic rings. The summed E-state index contributed by atoms with van der Waals surface area (Å²) in [5, 5.41) is 11.8. The number of likely N-dealkylation sites (N-methyl/N-ethyl adjacent to an activating group) is 1. The minimum absolute atomic E-state index is 0.196. The van der Waals surface area contributed by atoms with Gasteiger partial charge in [0.15, 0.2) is 5.13 Å². The van der Waals surface area contributed by atoms with E-state index in [4.69, 9.17) is 9.84 Å². The van der Waals surface area contributed by atoms with E-state index < -0.39 is 11.4 Å². The molecule has 0 saturated carbocycles. The van der Waals surface area contributed by atoms with Gasteiger partial charge in [-0.25, -0.2) is 4.98 Å². The molecular formula is C12H20N2O3S. The average Bonchev–Trinajstić information content (AvgIpc) is 2.77. The smallest absolute Gasteiger partial charge is 0.315 e. The van der Waals surface area contributed by atoms with Crippen molar-refractivity contribution in [1.29, 1.82) is 0 Å². The Kier molecular flexibility index (Phi) is 4.70. The molecule has 0 radical (unpaired) electrons. The molecule has 5 nitrogen and oxygen atoms in total. The molecule has 1 aromatic heterocycles. The highest BCUT2D eigenvalue weighted by Crippen LogP contribution is 2.29. The maximum Gasteiger partial charge on any atom is 0.315 e. The van der Waals surface area contributed by atoms with Crippen LogP contribution in [0, 0.1) is 0 Å². The number of hydrogen-bond donors (Lipinski definition) is 1. The maximum absolute atomic E-state index is 11.2. The number of carbonyl (C=O) groups is 1. The van der Waals surface area contributed by atoms with E-state index in [1.54, 1.807) is 26.3 Å². The van der Waals surface area contributed by atoms with Crippen LogP contribution in [0.1, 0.15) is 26.5 Å². The summed E-state index contributed by atoms with van der Waals surface area (Å²) in [6.45, 7) is 5.96. The second-order valence-corrected chi connectivity index (χ2v) is 5.70. The standard InChI is InChI=1S/C12H20N2O3S/c1-8(6-17-5)14(4)11-13-9(7-18-11)12(2,3)10(15)16/h7-8H,6H2,1-5H3,(H,15,16). The second-order valence-electron chi connectivity index (χ2n) is 4.86. The third kappa shape index (κ3) is 3.00. The van der Waals surface area contributed by atoms with Crippen molar-refractivity contribution in [2.75, 3.05) is 25.7 Å². The lowest BCUT2D eigenvalue weighted by molar-refractivity contribution is -0.142. The monoisotopic (exact) mass is 272 g/mol. The second kappa shape index (κ2) is 5.67. The lowest BCUT2D eigenvalue weighted by atomic mass is 9.90. The Bertz CT molecular complexity index is 417. The van der Waals surface area contributed by atoms with Crippen LogP contribution < -0.4 is 4.90 Å². The highest BCUT2D eigenvalue weighted by Gasteiger charge is 2.32. The van der Waals surface area contributed by atoms with Crippen LogP contribution >= 0.6 is 11.3 Å². The van der Waals surface area contributed by atoms with Crippen LogP contribution in [-0.4, -0.2) is 42.9 Å². The highest BCUT2D eigenvalue weighted by molar-refractivity contribution is 7.13. The van der Waals surface area contributed by atoms with E-state index in [2.05, 4.69) is 4.98 Å². The van der Waals surface area contributed by atoms with Crippen molar-refractivity contribution >= 4 is 22.4 Å². The number of thiazole rings is 1. The van der Waals surface area contributed by atoms with Crippen molar-refractivity contribution in [2.45, 2.75) is 32.2 Å². The molecule has 1 atom stereocenters. The maximum atomic E-state index is 11.2. The molecule has 102 valence electrons. The third-order valence-electron chi connectivity index (χ3n) is 3.04. The molecule has 0 aromatic carbocycles. The van der Waals surface area contributed by atoms with E-state index in [0.29, 0.717) is 12.3 Å². The Morgan fingerprint density at radius 2 is 2.28 bits per heavy atom. The van der Waals surface area contributed by atoms with Crippen molar-refractivity contribution in [2.24, 2.45) is 0 Å².